The van der Waals surface area contributed by atoms with Gasteiger partial charge < -0.3 is 4.74 Å². The van der Waals surface area contributed by atoms with Crippen molar-refractivity contribution in [2.45, 2.75) is 24.4 Å². The highest BCUT2D eigenvalue weighted by Crippen LogP contribution is 2.23. The monoisotopic (exact) mass is 197 g/mol. The van der Waals surface area contributed by atoms with Crippen LogP contribution >= 0.6 is 23.2 Å². The van der Waals surface area contributed by atoms with E-state index in [0.29, 0.717) is 6.54 Å². The van der Waals surface area contributed by atoms with E-state index in [4.69, 9.17) is 27.9 Å². The maximum absolute atomic E-state index is 5.65. The summed E-state index contributed by atoms with van der Waals surface area (Å²) in [7, 11) is 0. The molecule has 1 rings (SSSR count). The van der Waals surface area contributed by atoms with Gasteiger partial charge in [0.1, 0.15) is 10.6 Å². The Balaban J connectivity index is 2.45. The number of hydrogen-bond donors (Lipinski definition) is 0. The minimum Gasteiger partial charge on any atom is -0.360 e. The van der Waals surface area contributed by atoms with E-state index in [1.165, 1.54) is 0 Å². The third-order valence-electron chi connectivity index (χ3n) is 1.94. The molecular weight excluding hydrogens is 185 g/mol. The van der Waals surface area contributed by atoms with Gasteiger partial charge in [-0.3, -0.25) is 4.90 Å². The largest absolute Gasteiger partial charge is 0.360 e. The van der Waals surface area contributed by atoms with E-state index >= 15 is 0 Å². The molecule has 66 valence electrons. The van der Waals surface area contributed by atoms with Gasteiger partial charge in [0.15, 0.2) is 0 Å². The van der Waals surface area contributed by atoms with E-state index < -0.39 is 0 Å². The van der Waals surface area contributed by atoms with Crippen LogP contribution < -0.4 is 0 Å². The number of ether oxygens (including phenoxy) is 1. The summed E-state index contributed by atoms with van der Waals surface area (Å²) in [5, 5.41) is 0. The Labute approximate surface area is 77.4 Å². The predicted octanol–water partition coefficient (Wildman–Crippen LogP) is 1.86. The lowest BCUT2D eigenvalue weighted by molar-refractivity contribution is -0.0481. The SMILES string of the molecule is CC1(C)OCCN1CC(Cl)Cl. The maximum Gasteiger partial charge on any atom is 0.120 e. The second kappa shape index (κ2) is 3.48. The van der Waals surface area contributed by atoms with Crippen molar-refractivity contribution in [3.63, 3.8) is 0 Å². The molecule has 1 saturated heterocycles. The van der Waals surface area contributed by atoms with Gasteiger partial charge in [0.25, 0.3) is 0 Å². The maximum atomic E-state index is 5.65. The first kappa shape index (κ1) is 9.59. The Bertz CT molecular complexity index is 138. The minimum atomic E-state index is -0.323. The highest BCUT2D eigenvalue weighted by atomic mass is 35.5. The summed E-state index contributed by atoms with van der Waals surface area (Å²) in [5.41, 5.74) is -0.192. The fourth-order valence-corrected chi connectivity index (χ4v) is 1.58. The zero-order valence-electron chi connectivity index (χ0n) is 6.81. The van der Waals surface area contributed by atoms with Crippen LogP contribution in [0.2, 0.25) is 0 Å². The van der Waals surface area contributed by atoms with E-state index in [2.05, 4.69) is 4.90 Å². The standard InChI is InChI=1S/C7H13Cl2NO/c1-7(2)10(3-4-11-7)5-6(8)9/h6H,3-5H2,1-2H3. The molecule has 0 amide bonds. The van der Waals surface area contributed by atoms with E-state index in [1.54, 1.807) is 0 Å². The van der Waals surface area contributed by atoms with E-state index in [0.717, 1.165) is 13.2 Å². The average molecular weight is 198 g/mol. The van der Waals surface area contributed by atoms with Gasteiger partial charge in [-0.25, -0.2) is 0 Å². The van der Waals surface area contributed by atoms with Crippen molar-refractivity contribution in [1.82, 2.24) is 4.90 Å². The van der Waals surface area contributed by atoms with Crippen LogP contribution in [-0.2, 0) is 4.74 Å². The molecular formula is C7H13Cl2NO. The average Bonchev–Trinajstić information content (AvgIpc) is 2.10. The molecule has 0 N–H and O–H groups in total. The summed E-state index contributed by atoms with van der Waals surface area (Å²) in [6.07, 6.45) is 0. The number of rotatable bonds is 2. The molecule has 0 aromatic heterocycles. The van der Waals surface area contributed by atoms with Gasteiger partial charge in [-0.1, -0.05) is 0 Å². The summed E-state index contributed by atoms with van der Waals surface area (Å²) in [5.74, 6) is 0. The second-order valence-corrected chi connectivity index (χ2v) is 4.41. The van der Waals surface area contributed by atoms with Gasteiger partial charge in [0.05, 0.1) is 6.61 Å². The van der Waals surface area contributed by atoms with Crippen LogP contribution in [-0.4, -0.2) is 35.2 Å². The van der Waals surface area contributed by atoms with Gasteiger partial charge in [0, 0.05) is 13.1 Å². The highest BCUT2D eigenvalue weighted by Gasteiger charge is 2.33. The van der Waals surface area contributed by atoms with Crippen molar-refractivity contribution in [3.8, 4) is 0 Å². The fraction of sp³-hybridized carbons (Fsp3) is 1.00. The first-order chi connectivity index (χ1) is 5.02. The van der Waals surface area contributed by atoms with Crippen LogP contribution in [0, 0.1) is 0 Å². The first-order valence-corrected chi connectivity index (χ1v) is 4.57. The molecule has 4 heteroatoms. The summed E-state index contributed by atoms with van der Waals surface area (Å²) < 4.78 is 5.46. The number of hydrogen-bond acceptors (Lipinski definition) is 2. The van der Waals surface area contributed by atoms with Gasteiger partial charge in [0.2, 0.25) is 0 Å². The molecule has 0 aromatic rings. The molecule has 1 aliphatic rings. The molecule has 1 heterocycles. The predicted molar refractivity (Wildman–Crippen MR) is 47.1 cm³/mol. The molecule has 0 aliphatic carbocycles. The Morgan fingerprint density at radius 1 is 1.55 bits per heavy atom. The quantitative estimate of drug-likeness (QED) is 0.628. The van der Waals surface area contributed by atoms with Crippen molar-refractivity contribution >= 4 is 23.2 Å². The van der Waals surface area contributed by atoms with E-state index in [9.17, 15) is 0 Å². The molecule has 1 fully saturated rings. The molecule has 0 saturated carbocycles. The van der Waals surface area contributed by atoms with Crippen molar-refractivity contribution in [1.29, 1.82) is 0 Å². The minimum absolute atomic E-state index is 0.192. The molecule has 2 nitrogen and oxygen atoms in total. The molecule has 0 aromatic carbocycles. The molecule has 0 unspecified atom stereocenters. The summed E-state index contributed by atoms with van der Waals surface area (Å²) in [4.78, 5) is 1.81. The number of nitrogens with zero attached hydrogens (tertiary/aromatic N) is 1. The molecule has 1 aliphatic heterocycles. The van der Waals surface area contributed by atoms with Crippen molar-refractivity contribution in [2.75, 3.05) is 19.7 Å². The Morgan fingerprint density at radius 2 is 2.18 bits per heavy atom. The number of alkyl halides is 2. The van der Waals surface area contributed by atoms with Crippen LogP contribution in [0.25, 0.3) is 0 Å². The normalized spacial score (nSPS) is 24.8. The third-order valence-corrected chi connectivity index (χ3v) is 2.21. The lowest BCUT2D eigenvalue weighted by Crippen LogP contribution is -2.41. The van der Waals surface area contributed by atoms with E-state index in [1.807, 2.05) is 13.8 Å². The molecule has 0 radical (unpaired) electrons. The third kappa shape index (κ3) is 2.48. The Kier molecular flexibility index (Phi) is 3.03. The topological polar surface area (TPSA) is 12.5 Å². The summed E-state index contributed by atoms with van der Waals surface area (Å²) >= 11 is 11.3. The zero-order chi connectivity index (χ0) is 8.48. The van der Waals surface area contributed by atoms with Crippen LogP contribution in [0.3, 0.4) is 0 Å². The molecule has 0 spiro atoms. The van der Waals surface area contributed by atoms with Crippen molar-refractivity contribution in [3.05, 3.63) is 0 Å². The van der Waals surface area contributed by atoms with Crippen LogP contribution in [0.1, 0.15) is 13.8 Å². The molecule has 0 atom stereocenters. The van der Waals surface area contributed by atoms with Gasteiger partial charge >= 0.3 is 0 Å². The lowest BCUT2D eigenvalue weighted by Gasteiger charge is -2.29. The van der Waals surface area contributed by atoms with Gasteiger partial charge in [-0.05, 0) is 13.8 Å². The summed E-state index contributed by atoms with van der Waals surface area (Å²) in [6, 6.07) is 0. The Hall–Kier alpha value is 0.500. The highest BCUT2D eigenvalue weighted by molar-refractivity contribution is 6.44. The molecule has 11 heavy (non-hydrogen) atoms. The van der Waals surface area contributed by atoms with Crippen LogP contribution in [0.5, 0.6) is 0 Å². The zero-order valence-corrected chi connectivity index (χ0v) is 8.32. The number of halogens is 2. The lowest BCUT2D eigenvalue weighted by atomic mass is 10.3. The van der Waals surface area contributed by atoms with Gasteiger partial charge in [-0.15, -0.1) is 23.2 Å². The Morgan fingerprint density at radius 3 is 2.55 bits per heavy atom. The van der Waals surface area contributed by atoms with Crippen LogP contribution in [0.15, 0.2) is 0 Å². The molecule has 0 bridgehead atoms. The van der Waals surface area contributed by atoms with E-state index in [-0.39, 0.29) is 10.6 Å². The van der Waals surface area contributed by atoms with Gasteiger partial charge in [-0.2, -0.15) is 0 Å². The summed E-state index contributed by atoms with van der Waals surface area (Å²) in [6.45, 7) is 6.42. The van der Waals surface area contributed by atoms with Crippen LogP contribution in [0.4, 0.5) is 0 Å². The first-order valence-electron chi connectivity index (χ1n) is 3.69. The fourth-order valence-electron chi connectivity index (χ4n) is 1.24. The second-order valence-electron chi connectivity index (χ2n) is 3.13. The smallest absolute Gasteiger partial charge is 0.120 e. The van der Waals surface area contributed by atoms with Crippen molar-refractivity contribution in [2.24, 2.45) is 0 Å². The van der Waals surface area contributed by atoms with Crippen molar-refractivity contribution < 1.29 is 4.74 Å².